The Kier molecular flexibility index (Phi) is 5.02. The van der Waals surface area contributed by atoms with E-state index in [1.54, 1.807) is 24.3 Å². The highest BCUT2D eigenvalue weighted by atomic mass is 35.5. The molecule has 0 aliphatic carbocycles. The number of rotatable bonds is 4. The van der Waals surface area contributed by atoms with Gasteiger partial charge in [-0.2, -0.15) is 0 Å². The third kappa shape index (κ3) is 3.65. The van der Waals surface area contributed by atoms with Gasteiger partial charge < -0.3 is 10.1 Å². The van der Waals surface area contributed by atoms with Crippen molar-refractivity contribution in [3.63, 3.8) is 0 Å². The molecule has 10 nitrogen and oxygen atoms in total. The lowest BCUT2D eigenvalue weighted by Gasteiger charge is -2.13. The summed E-state index contributed by atoms with van der Waals surface area (Å²) in [7, 11) is 1.50. The Bertz CT molecular complexity index is 1390. The molecule has 4 aromatic rings. The van der Waals surface area contributed by atoms with Gasteiger partial charge in [-0.3, -0.25) is 19.1 Å². The van der Waals surface area contributed by atoms with Crippen molar-refractivity contribution >= 4 is 45.6 Å². The van der Waals surface area contributed by atoms with Crippen LogP contribution >= 0.6 is 23.2 Å². The van der Waals surface area contributed by atoms with Crippen LogP contribution in [0.1, 0.15) is 10.6 Å². The Hall–Kier alpha value is -3.63. The fraction of sp³-hybridized carbons (Fsp3) is 0.0556. The van der Waals surface area contributed by atoms with Crippen molar-refractivity contribution in [2.24, 2.45) is 7.05 Å². The lowest BCUT2D eigenvalue weighted by atomic mass is 10.2. The fourth-order valence-electron chi connectivity index (χ4n) is 2.69. The highest BCUT2D eigenvalue weighted by molar-refractivity contribution is 6.37. The number of benzene rings is 2. The van der Waals surface area contributed by atoms with E-state index in [9.17, 15) is 14.4 Å². The van der Waals surface area contributed by atoms with Crippen LogP contribution in [0.5, 0.6) is 11.6 Å². The Morgan fingerprint density at radius 3 is 2.47 bits per heavy atom. The molecule has 0 spiro atoms. The molecule has 0 aliphatic rings. The van der Waals surface area contributed by atoms with E-state index in [2.05, 4.69) is 25.1 Å². The summed E-state index contributed by atoms with van der Waals surface area (Å²) < 4.78 is 11.2. The smallest absolute Gasteiger partial charge is 0.434 e. The van der Waals surface area contributed by atoms with Crippen molar-refractivity contribution in [3.05, 3.63) is 73.2 Å². The number of amides is 1. The van der Waals surface area contributed by atoms with Gasteiger partial charge in [-0.15, -0.1) is 5.10 Å². The molecule has 0 atom stereocenters. The fourth-order valence-corrected chi connectivity index (χ4v) is 3.25. The molecule has 12 heteroatoms. The number of aromatic nitrogens is 4. The van der Waals surface area contributed by atoms with E-state index in [4.69, 9.17) is 27.9 Å². The zero-order valence-electron chi connectivity index (χ0n) is 15.1. The highest BCUT2D eigenvalue weighted by Crippen LogP contribution is 2.39. The van der Waals surface area contributed by atoms with Gasteiger partial charge in [-0.25, -0.2) is 9.48 Å². The van der Waals surface area contributed by atoms with Gasteiger partial charge in [-0.05, 0) is 29.4 Å². The first-order valence-electron chi connectivity index (χ1n) is 8.34. The van der Waals surface area contributed by atoms with Gasteiger partial charge in [0.15, 0.2) is 5.75 Å². The largest absolute Gasteiger partial charge is 0.439 e. The molecule has 2 N–H and O–H groups in total. The Balaban J connectivity index is 1.67. The summed E-state index contributed by atoms with van der Waals surface area (Å²) in [5.41, 5.74) is -0.0522. The standard InChI is InChI=1S/C18H11Cl2N5O5/c1-25-17(27)10-5-3-2-4-9(10)16(23-25)29-13-11(19)6-8(7-12(13)20)21-15(26)14-22-18(28)30-24-14/h2-7H,1H3,(H,21,26)(H,22,24,28). The van der Waals surface area contributed by atoms with Crippen molar-refractivity contribution in [3.8, 4) is 11.6 Å². The average Bonchev–Trinajstić information content (AvgIpc) is 3.15. The second-order valence-corrected chi connectivity index (χ2v) is 6.86. The normalized spacial score (nSPS) is 10.9. The number of H-pyrrole nitrogens is 1. The third-order valence-electron chi connectivity index (χ3n) is 4.03. The summed E-state index contributed by atoms with van der Waals surface area (Å²) >= 11 is 12.6. The average molecular weight is 448 g/mol. The summed E-state index contributed by atoms with van der Waals surface area (Å²) in [4.78, 5) is 37.4. The molecule has 0 bridgehead atoms. The van der Waals surface area contributed by atoms with Crippen LogP contribution in [0.15, 0.2) is 50.5 Å². The zero-order valence-corrected chi connectivity index (χ0v) is 16.6. The summed E-state index contributed by atoms with van der Waals surface area (Å²) in [5, 5.41) is 11.0. The summed E-state index contributed by atoms with van der Waals surface area (Å²) in [6, 6.07) is 9.60. The monoisotopic (exact) mass is 447 g/mol. The van der Waals surface area contributed by atoms with Crippen LogP contribution in [-0.4, -0.2) is 25.8 Å². The molecule has 0 fully saturated rings. The number of nitrogens with one attached hydrogen (secondary N) is 2. The van der Waals surface area contributed by atoms with Gasteiger partial charge in [0.1, 0.15) is 0 Å². The number of halogens is 2. The number of carbonyl (C=O) groups is 1. The highest BCUT2D eigenvalue weighted by Gasteiger charge is 2.18. The van der Waals surface area contributed by atoms with E-state index in [1.165, 1.54) is 19.2 Å². The maximum atomic E-state index is 12.3. The predicted octanol–water partition coefficient (Wildman–Crippen LogP) is 2.96. The summed E-state index contributed by atoms with van der Waals surface area (Å²) in [5.74, 6) is -1.69. The molecule has 152 valence electrons. The van der Waals surface area contributed by atoms with Crippen LogP contribution in [0.4, 0.5) is 5.69 Å². The van der Waals surface area contributed by atoms with E-state index < -0.39 is 11.7 Å². The van der Waals surface area contributed by atoms with Crippen LogP contribution < -0.4 is 21.4 Å². The Labute approximate surface area is 177 Å². The van der Waals surface area contributed by atoms with E-state index in [0.717, 1.165) is 4.68 Å². The molecule has 0 unspecified atom stereocenters. The van der Waals surface area contributed by atoms with E-state index >= 15 is 0 Å². The molecule has 0 saturated carbocycles. The number of aryl methyl sites for hydroxylation is 1. The number of aromatic amines is 1. The minimum atomic E-state index is -0.864. The van der Waals surface area contributed by atoms with E-state index in [0.29, 0.717) is 10.8 Å². The minimum absolute atomic E-state index is 0.0752. The molecule has 2 heterocycles. The lowest BCUT2D eigenvalue weighted by molar-refractivity contribution is 0.101. The number of hydrogen-bond donors (Lipinski definition) is 2. The summed E-state index contributed by atoms with van der Waals surface area (Å²) in [6.45, 7) is 0. The quantitative estimate of drug-likeness (QED) is 0.491. The van der Waals surface area contributed by atoms with Gasteiger partial charge in [0.2, 0.25) is 11.7 Å². The van der Waals surface area contributed by atoms with Crippen LogP contribution in [-0.2, 0) is 7.05 Å². The van der Waals surface area contributed by atoms with Gasteiger partial charge in [0.05, 0.1) is 20.8 Å². The second kappa shape index (κ2) is 7.65. The minimum Gasteiger partial charge on any atom is -0.434 e. The number of nitrogens with zero attached hydrogens (tertiary/aromatic N) is 3. The van der Waals surface area contributed by atoms with Crippen molar-refractivity contribution in [1.82, 2.24) is 19.9 Å². The van der Waals surface area contributed by atoms with Crippen LogP contribution in [0, 0.1) is 0 Å². The first-order valence-corrected chi connectivity index (χ1v) is 9.09. The predicted molar refractivity (Wildman–Crippen MR) is 109 cm³/mol. The van der Waals surface area contributed by atoms with Crippen LogP contribution in [0.2, 0.25) is 10.0 Å². The molecule has 2 aromatic carbocycles. The molecule has 4 rings (SSSR count). The van der Waals surface area contributed by atoms with Crippen molar-refractivity contribution in [1.29, 1.82) is 0 Å². The van der Waals surface area contributed by atoms with Gasteiger partial charge in [0, 0.05) is 12.7 Å². The van der Waals surface area contributed by atoms with E-state index in [-0.39, 0.29) is 38.7 Å². The second-order valence-electron chi connectivity index (χ2n) is 6.05. The topological polar surface area (TPSA) is 132 Å². The maximum absolute atomic E-state index is 12.3. The first kappa shape index (κ1) is 19.7. The van der Waals surface area contributed by atoms with Crippen molar-refractivity contribution in [2.75, 3.05) is 5.32 Å². The molecule has 0 saturated heterocycles. The van der Waals surface area contributed by atoms with Crippen LogP contribution in [0.3, 0.4) is 0 Å². The SMILES string of the molecule is Cn1nc(Oc2c(Cl)cc(NC(=O)c3noc(=O)[nH]3)cc2Cl)c2ccccc2c1=O. The van der Waals surface area contributed by atoms with Gasteiger partial charge in [-0.1, -0.05) is 35.3 Å². The number of hydrogen-bond acceptors (Lipinski definition) is 7. The first-order chi connectivity index (χ1) is 14.3. The van der Waals surface area contributed by atoms with E-state index in [1.807, 2.05) is 0 Å². The molecular formula is C18H11Cl2N5O5. The molecular weight excluding hydrogens is 437 g/mol. The molecule has 30 heavy (non-hydrogen) atoms. The van der Waals surface area contributed by atoms with Gasteiger partial charge in [0.25, 0.3) is 11.5 Å². The van der Waals surface area contributed by atoms with Crippen molar-refractivity contribution in [2.45, 2.75) is 0 Å². The number of anilines is 1. The van der Waals surface area contributed by atoms with Gasteiger partial charge >= 0.3 is 5.76 Å². The molecule has 0 aliphatic heterocycles. The number of ether oxygens (including phenoxy) is 1. The lowest BCUT2D eigenvalue weighted by Crippen LogP contribution is -2.20. The zero-order chi connectivity index (χ0) is 21.4. The van der Waals surface area contributed by atoms with Crippen LogP contribution in [0.25, 0.3) is 10.8 Å². The summed E-state index contributed by atoms with van der Waals surface area (Å²) in [6.07, 6.45) is 0. The molecule has 0 radical (unpaired) electrons. The third-order valence-corrected chi connectivity index (χ3v) is 4.59. The number of fused-ring (bicyclic) bond motifs is 1. The molecule has 1 amide bonds. The Morgan fingerprint density at radius 2 is 1.83 bits per heavy atom. The Morgan fingerprint density at radius 1 is 1.17 bits per heavy atom. The van der Waals surface area contributed by atoms with Crippen molar-refractivity contribution < 1.29 is 14.1 Å². The molecule has 2 aromatic heterocycles. The number of carbonyl (C=O) groups excluding carboxylic acids is 1. The maximum Gasteiger partial charge on any atom is 0.439 e.